The summed E-state index contributed by atoms with van der Waals surface area (Å²) < 4.78 is 9.87. The topological polar surface area (TPSA) is 35.0 Å². The molecule has 6 heteroatoms. The van der Waals surface area contributed by atoms with E-state index in [-0.39, 0.29) is 0 Å². The van der Waals surface area contributed by atoms with Crippen LogP contribution in [0.25, 0.3) is 0 Å². The second-order valence-corrected chi connectivity index (χ2v) is 4.98. The van der Waals surface area contributed by atoms with E-state index in [2.05, 4.69) is 9.59 Å². The molecule has 0 bridgehead atoms. The predicted octanol–water partition coefficient (Wildman–Crippen LogP) is 3.73. The number of benzene rings is 1. The Morgan fingerprint density at radius 3 is 2.81 bits per heavy atom. The number of halogens is 2. The Hall–Kier alpha value is -0.840. The van der Waals surface area contributed by atoms with Gasteiger partial charge in [-0.15, -0.1) is 5.10 Å². The predicted molar refractivity (Wildman–Crippen MR) is 65.4 cm³/mol. The first-order chi connectivity index (χ1) is 7.66. The zero-order valence-corrected chi connectivity index (χ0v) is 10.7. The van der Waals surface area contributed by atoms with Crippen molar-refractivity contribution in [3.05, 3.63) is 38.8 Å². The minimum Gasteiger partial charge on any atom is -0.487 e. The summed E-state index contributed by atoms with van der Waals surface area (Å²) in [5.74, 6) is 0.772. The van der Waals surface area contributed by atoms with Crippen LogP contribution in [0.15, 0.2) is 18.2 Å². The lowest BCUT2D eigenvalue weighted by molar-refractivity contribution is 0.299. The first-order valence-electron chi connectivity index (χ1n) is 4.52. The molecule has 16 heavy (non-hydrogen) atoms. The van der Waals surface area contributed by atoms with Crippen molar-refractivity contribution in [2.24, 2.45) is 0 Å². The van der Waals surface area contributed by atoms with Crippen LogP contribution >= 0.6 is 34.7 Å². The van der Waals surface area contributed by atoms with Gasteiger partial charge < -0.3 is 4.74 Å². The molecule has 0 aliphatic heterocycles. The van der Waals surface area contributed by atoms with E-state index < -0.39 is 0 Å². The van der Waals surface area contributed by atoms with Crippen LogP contribution in [0.3, 0.4) is 0 Å². The maximum absolute atomic E-state index is 5.86. The molecule has 0 unspecified atom stereocenters. The fourth-order valence-corrected chi connectivity index (χ4v) is 2.03. The van der Waals surface area contributed by atoms with Crippen molar-refractivity contribution in [2.45, 2.75) is 13.5 Å². The zero-order valence-electron chi connectivity index (χ0n) is 8.41. The lowest BCUT2D eigenvalue weighted by Crippen LogP contribution is -1.98. The maximum atomic E-state index is 5.86. The lowest BCUT2D eigenvalue weighted by Gasteiger charge is -2.07. The van der Waals surface area contributed by atoms with Gasteiger partial charge in [0.2, 0.25) is 0 Å². The molecule has 0 fully saturated rings. The van der Waals surface area contributed by atoms with E-state index in [4.69, 9.17) is 27.9 Å². The van der Waals surface area contributed by atoms with Crippen LogP contribution in [0.1, 0.15) is 11.3 Å². The summed E-state index contributed by atoms with van der Waals surface area (Å²) in [6.45, 7) is 2.25. The number of rotatable bonds is 3. The van der Waals surface area contributed by atoms with Crippen molar-refractivity contribution in [1.82, 2.24) is 9.59 Å². The summed E-state index contributed by atoms with van der Waals surface area (Å²) in [4.78, 5) is 0. The molecule has 1 aromatic heterocycles. The number of hydrogen-bond acceptors (Lipinski definition) is 4. The first-order valence-corrected chi connectivity index (χ1v) is 6.05. The molecule has 0 N–H and O–H groups in total. The van der Waals surface area contributed by atoms with Gasteiger partial charge in [-0.3, -0.25) is 0 Å². The van der Waals surface area contributed by atoms with Crippen LogP contribution in [0.5, 0.6) is 5.75 Å². The largest absolute Gasteiger partial charge is 0.487 e. The molecule has 0 radical (unpaired) electrons. The Morgan fingerprint density at radius 2 is 2.19 bits per heavy atom. The highest BCUT2D eigenvalue weighted by atomic mass is 35.5. The van der Waals surface area contributed by atoms with Crippen molar-refractivity contribution in [1.29, 1.82) is 0 Å². The Bertz CT molecular complexity index is 501. The molecule has 0 saturated heterocycles. The van der Waals surface area contributed by atoms with E-state index in [0.717, 1.165) is 22.8 Å². The third-order valence-corrected chi connectivity index (χ3v) is 3.23. The summed E-state index contributed by atoms with van der Waals surface area (Å²) in [5.41, 5.74) is 1.63. The molecule has 1 heterocycles. The van der Waals surface area contributed by atoms with E-state index in [1.165, 1.54) is 0 Å². The summed E-state index contributed by atoms with van der Waals surface area (Å²) in [6.07, 6.45) is 0. The molecule has 84 valence electrons. The fourth-order valence-electron chi connectivity index (χ4n) is 1.20. The number of nitrogens with zero attached hydrogens (tertiary/aromatic N) is 2. The molecule has 0 aliphatic rings. The lowest BCUT2D eigenvalue weighted by atomic mass is 10.2. The van der Waals surface area contributed by atoms with Gasteiger partial charge in [-0.25, -0.2) is 0 Å². The summed E-state index contributed by atoms with van der Waals surface area (Å²) in [5, 5.41) is 4.56. The van der Waals surface area contributed by atoms with Gasteiger partial charge in [-0.05, 0) is 30.7 Å². The Labute approximate surface area is 107 Å². The Balaban J connectivity index is 2.08. The molecule has 0 saturated carbocycles. The minimum atomic E-state index is 0.317. The van der Waals surface area contributed by atoms with Gasteiger partial charge in [-0.1, -0.05) is 27.7 Å². The van der Waals surface area contributed by atoms with Gasteiger partial charge >= 0.3 is 0 Å². The normalized spacial score (nSPS) is 10.4. The Kier molecular flexibility index (Phi) is 3.63. The third-order valence-electron chi connectivity index (χ3n) is 2.01. The third kappa shape index (κ3) is 2.64. The van der Waals surface area contributed by atoms with Gasteiger partial charge in [0.05, 0.1) is 0 Å². The molecule has 1 aromatic carbocycles. The summed E-state index contributed by atoms with van der Waals surface area (Å²) in [7, 11) is 0. The molecular formula is C10H8Cl2N2OS. The van der Waals surface area contributed by atoms with Gasteiger partial charge in [0.15, 0.2) is 0 Å². The molecule has 2 aromatic rings. The van der Waals surface area contributed by atoms with Crippen LogP contribution in [-0.4, -0.2) is 9.59 Å². The molecule has 0 aliphatic carbocycles. The number of hydrogen-bond donors (Lipinski definition) is 0. The van der Waals surface area contributed by atoms with Crippen molar-refractivity contribution >= 4 is 34.7 Å². The highest BCUT2D eigenvalue weighted by Gasteiger charge is 2.07. The Morgan fingerprint density at radius 1 is 1.38 bits per heavy atom. The molecule has 0 spiro atoms. The molecule has 2 rings (SSSR count). The van der Waals surface area contributed by atoms with Crippen molar-refractivity contribution in [3.8, 4) is 5.75 Å². The van der Waals surface area contributed by atoms with Gasteiger partial charge in [0.1, 0.15) is 22.4 Å². The monoisotopic (exact) mass is 274 g/mol. The molecule has 3 nitrogen and oxygen atoms in total. The second kappa shape index (κ2) is 4.99. The average molecular weight is 275 g/mol. The molecule has 0 amide bonds. The number of ether oxygens (including phenoxy) is 1. The maximum Gasteiger partial charge on any atom is 0.141 e. The average Bonchev–Trinajstić information content (AvgIpc) is 2.63. The standard InChI is InChI=1S/C10H8Cl2N2OS/c1-6-4-7(11)2-3-9(6)15-5-8-10(12)16-14-13-8/h2-4H,5H2,1H3. The zero-order chi connectivity index (χ0) is 11.5. The quantitative estimate of drug-likeness (QED) is 0.856. The smallest absolute Gasteiger partial charge is 0.141 e. The van der Waals surface area contributed by atoms with Gasteiger partial charge in [0.25, 0.3) is 0 Å². The van der Waals surface area contributed by atoms with E-state index in [1.807, 2.05) is 19.1 Å². The fraction of sp³-hybridized carbons (Fsp3) is 0.200. The van der Waals surface area contributed by atoms with E-state index in [9.17, 15) is 0 Å². The number of aryl methyl sites for hydroxylation is 1. The molecule has 0 atom stereocenters. The minimum absolute atomic E-state index is 0.317. The van der Waals surface area contributed by atoms with E-state index in [0.29, 0.717) is 21.7 Å². The van der Waals surface area contributed by atoms with Crippen LogP contribution in [-0.2, 0) is 6.61 Å². The van der Waals surface area contributed by atoms with Crippen molar-refractivity contribution < 1.29 is 4.74 Å². The van der Waals surface area contributed by atoms with E-state index >= 15 is 0 Å². The van der Waals surface area contributed by atoms with Crippen LogP contribution in [0.4, 0.5) is 0 Å². The highest BCUT2D eigenvalue weighted by molar-refractivity contribution is 7.10. The summed E-state index contributed by atoms with van der Waals surface area (Å²) >= 11 is 12.9. The number of aromatic nitrogens is 2. The van der Waals surface area contributed by atoms with Crippen molar-refractivity contribution in [2.75, 3.05) is 0 Å². The van der Waals surface area contributed by atoms with Crippen LogP contribution in [0.2, 0.25) is 9.36 Å². The summed E-state index contributed by atoms with van der Waals surface area (Å²) in [6, 6.07) is 5.45. The SMILES string of the molecule is Cc1cc(Cl)ccc1OCc1nnsc1Cl. The molecular weight excluding hydrogens is 267 g/mol. The van der Waals surface area contributed by atoms with Gasteiger partial charge in [-0.2, -0.15) is 0 Å². The van der Waals surface area contributed by atoms with Crippen molar-refractivity contribution in [3.63, 3.8) is 0 Å². The van der Waals surface area contributed by atoms with E-state index in [1.54, 1.807) is 6.07 Å². The first kappa shape index (κ1) is 11.6. The van der Waals surface area contributed by atoms with Crippen LogP contribution in [0, 0.1) is 6.92 Å². The second-order valence-electron chi connectivity index (χ2n) is 3.19. The van der Waals surface area contributed by atoms with Crippen LogP contribution < -0.4 is 4.74 Å². The van der Waals surface area contributed by atoms with Gasteiger partial charge in [0, 0.05) is 16.6 Å². The highest BCUT2D eigenvalue weighted by Crippen LogP contribution is 2.24.